The highest BCUT2D eigenvalue weighted by Crippen LogP contribution is 2.39. The second kappa shape index (κ2) is 14.0. The molecular formula is C39H42N8O5. The Hall–Kier alpha value is -5.98. The Morgan fingerprint density at radius 3 is 2.48 bits per heavy atom. The fraction of sp³-hybridized carbons (Fsp3) is 0.333. The van der Waals surface area contributed by atoms with E-state index in [0.717, 1.165) is 55.7 Å². The van der Waals surface area contributed by atoms with Crippen molar-refractivity contribution in [2.45, 2.75) is 52.7 Å². The molecule has 2 amide bonds. The summed E-state index contributed by atoms with van der Waals surface area (Å²) in [5.41, 5.74) is 6.80. The first-order valence-electron chi connectivity index (χ1n) is 17.3. The highest BCUT2D eigenvalue weighted by atomic mass is 16.6. The van der Waals surface area contributed by atoms with Gasteiger partial charge in [0.25, 0.3) is 0 Å². The molecule has 0 bridgehead atoms. The summed E-state index contributed by atoms with van der Waals surface area (Å²) < 4.78 is 16.7. The molecule has 0 saturated carbocycles. The Morgan fingerprint density at radius 2 is 1.79 bits per heavy atom. The minimum atomic E-state index is -0.424. The lowest BCUT2D eigenvalue weighted by atomic mass is 9.96. The van der Waals surface area contributed by atoms with Crippen LogP contribution in [-0.2, 0) is 16.8 Å². The summed E-state index contributed by atoms with van der Waals surface area (Å²) in [5, 5.41) is 8.77. The van der Waals surface area contributed by atoms with Gasteiger partial charge >= 0.3 is 17.9 Å². The number of fused-ring (bicyclic) bond motifs is 3. The number of aromatic amines is 1. The van der Waals surface area contributed by atoms with Gasteiger partial charge in [-0.25, -0.2) is 14.8 Å². The topological polar surface area (TPSA) is 152 Å². The van der Waals surface area contributed by atoms with Crippen LogP contribution >= 0.6 is 0 Å². The molecule has 1 aliphatic rings. The molecule has 268 valence electrons. The summed E-state index contributed by atoms with van der Waals surface area (Å²) in [6.45, 7) is 12.4. The number of methoxy groups -OCH3 is 1. The van der Waals surface area contributed by atoms with Crippen LogP contribution in [0.15, 0.2) is 71.5 Å². The molecular weight excluding hydrogens is 660 g/mol. The first kappa shape index (κ1) is 34.5. The van der Waals surface area contributed by atoms with E-state index >= 15 is 0 Å². The maximum absolute atomic E-state index is 12.9. The smallest absolute Gasteiger partial charge is 0.410 e. The number of H-pyrrole nitrogens is 1. The molecule has 1 saturated heterocycles. The van der Waals surface area contributed by atoms with Crippen molar-refractivity contribution < 1.29 is 23.6 Å². The Kier molecular flexibility index (Phi) is 9.26. The van der Waals surface area contributed by atoms with Gasteiger partial charge in [-0.15, -0.1) is 0 Å². The highest BCUT2D eigenvalue weighted by Gasteiger charge is 2.27. The van der Waals surface area contributed by atoms with Crippen LogP contribution in [0.3, 0.4) is 0 Å². The molecule has 6 aromatic rings. The maximum atomic E-state index is 12.9. The van der Waals surface area contributed by atoms with Gasteiger partial charge < -0.3 is 34.1 Å². The van der Waals surface area contributed by atoms with E-state index < -0.39 is 5.91 Å². The summed E-state index contributed by atoms with van der Waals surface area (Å²) >= 11 is 0. The van der Waals surface area contributed by atoms with Crippen LogP contribution < -0.4 is 15.0 Å². The zero-order valence-corrected chi connectivity index (χ0v) is 30.2. The van der Waals surface area contributed by atoms with E-state index in [4.69, 9.17) is 19.0 Å². The van der Waals surface area contributed by atoms with Crippen LogP contribution in [0.4, 0.5) is 10.5 Å². The second-order valence-corrected chi connectivity index (χ2v) is 14.1. The summed E-state index contributed by atoms with van der Waals surface area (Å²) in [5.74, 6) is 0.709. The van der Waals surface area contributed by atoms with Gasteiger partial charge in [0.2, 0.25) is 0 Å². The Morgan fingerprint density at radius 1 is 1.02 bits per heavy atom. The van der Waals surface area contributed by atoms with Gasteiger partial charge in [0, 0.05) is 42.5 Å². The molecule has 4 heterocycles. The van der Waals surface area contributed by atoms with E-state index in [-0.39, 0.29) is 30.0 Å². The third-order valence-electron chi connectivity index (χ3n) is 9.42. The van der Waals surface area contributed by atoms with Crippen molar-refractivity contribution in [1.82, 2.24) is 35.3 Å². The van der Waals surface area contributed by atoms with Crippen LogP contribution in [0.25, 0.3) is 33.2 Å². The minimum Gasteiger partial charge on any atom is -0.495 e. The lowest BCUT2D eigenvalue weighted by molar-refractivity contribution is 0.0894. The molecule has 1 fully saturated rings. The van der Waals surface area contributed by atoms with Crippen LogP contribution in [0.1, 0.15) is 66.9 Å². The van der Waals surface area contributed by atoms with Gasteiger partial charge in [0.05, 0.1) is 35.4 Å². The van der Waals surface area contributed by atoms with Crippen molar-refractivity contribution in [2.75, 3.05) is 38.2 Å². The fourth-order valence-electron chi connectivity index (χ4n) is 6.58. The number of hydrogen-bond donors (Lipinski definition) is 2. The molecule has 2 N–H and O–H groups in total. The number of rotatable bonds is 8. The van der Waals surface area contributed by atoms with Crippen molar-refractivity contribution in [3.8, 4) is 17.0 Å². The third-order valence-corrected chi connectivity index (χ3v) is 9.42. The van der Waals surface area contributed by atoms with E-state index in [1.807, 2.05) is 83.1 Å². The largest absolute Gasteiger partial charge is 0.495 e. The SMILES string of the molecule is COc1cc2c(cc1N1CCN(C(=O)OCc3ccccc3)CC1)[nH]c1ncnc(-c3ccc([C@@H](C)NC(=O)c4nc(C(C)(C)C)no4)c(C)c3)c12. The summed E-state index contributed by atoms with van der Waals surface area (Å²) in [6.07, 6.45) is 1.25. The number of nitrogens with one attached hydrogen (secondary N) is 2. The van der Waals surface area contributed by atoms with Crippen LogP contribution in [-0.4, -0.2) is 75.3 Å². The quantitative estimate of drug-likeness (QED) is 0.175. The maximum Gasteiger partial charge on any atom is 0.410 e. The summed E-state index contributed by atoms with van der Waals surface area (Å²) in [4.78, 5) is 46.7. The average molecular weight is 703 g/mol. The number of carbonyl (C=O) groups excluding carboxylic acids is 2. The highest BCUT2D eigenvalue weighted by molar-refractivity contribution is 6.13. The first-order chi connectivity index (χ1) is 25.0. The number of ether oxygens (including phenoxy) is 2. The van der Waals surface area contributed by atoms with Crippen LogP contribution in [0.2, 0.25) is 0 Å². The van der Waals surface area contributed by atoms with Crippen LogP contribution in [0, 0.1) is 6.92 Å². The molecule has 0 unspecified atom stereocenters. The number of benzene rings is 3. The summed E-state index contributed by atoms with van der Waals surface area (Å²) in [6, 6.07) is 19.5. The Labute approximate surface area is 301 Å². The zero-order valence-electron chi connectivity index (χ0n) is 30.2. The monoisotopic (exact) mass is 702 g/mol. The molecule has 0 aliphatic carbocycles. The van der Waals surface area contributed by atoms with Crippen molar-refractivity contribution in [2.24, 2.45) is 0 Å². The molecule has 13 heteroatoms. The molecule has 0 spiro atoms. The number of anilines is 1. The van der Waals surface area contributed by atoms with E-state index in [1.54, 1.807) is 18.3 Å². The van der Waals surface area contributed by atoms with E-state index in [2.05, 4.69) is 42.5 Å². The molecule has 3 aromatic carbocycles. The molecule has 1 atom stereocenters. The van der Waals surface area contributed by atoms with Gasteiger partial charge in [0.1, 0.15) is 24.3 Å². The predicted molar refractivity (Wildman–Crippen MR) is 197 cm³/mol. The number of carbonyl (C=O) groups is 2. The molecule has 0 radical (unpaired) electrons. The van der Waals surface area contributed by atoms with E-state index in [1.165, 1.54) is 0 Å². The number of nitrogens with zero attached hydrogens (tertiary/aromatic N) is 6. The fourth-order valence-corrected chi connectivity index (χ4v) is 6.58. The molecule has 52 heavy (non-hydrogen) atoms. The van der Waals surface area contributed by atoms with Crippen molar-refractivity contribution in [1.29, 1.82) is 0 Å². The third kappa shape index (κ3) is 6.85. The average Bonchev–Trinajstić information content (AvgIpc) is 3.80. The van der Waals surface area contributed by atoms with Crippen molar-refractivity contribution >= 4 is 39.6 Å². The molecule has 1 aliphatic heterocycles. The molecule has 3 aromatic heterocycles. The lowest BCUT2D eigenvalue weighted by Gasteiger charge is -2.36. The number of aryl methyl sites for hydroxylation is 1. The normalized spacial score (nSPS) is 14.1. The number of amides is 2. The van der Waals surface area contributed by atoms with Gasteiger partial charge in [-0.1, -0.05) is 68.4 Å². The van der Waals surface area contributed by atoms with Gasteiger partial charge in [-0.3, -0.25) is 4.79 Å². The number of piperazine rings is 1. The van der Waals surface area contributed by atoms with E-state index in [9.17, 15) is 9.59 Å². The van der Waals surface area contributed by atoms with Gasteiger partial charge in [0.15, 0.2) is 5.82 Å². The standard InChI is InChI=1S/C39H42N8O5/c1-23-18-26(12-13-27(23)24(2)42-35(48)36-44-37(45-52-36)39(3,4)5)33-32-28-19-31(50-6)30(20-29(28)43-34(32)41-22-40-33)46-14-16-47(17-15-46)38(49)51-21-25-10-8-7-9-11-25/h7-13,18-20,22,24H,14-17,21H2,1-6H3,(H,42,48)(H,40,41,43)/t24-/m1/s1. The van der Waals surface area contributed by atoms with Crippen molar-refractivity contribution in [3.63, 3.8) is 0 Å². The minimum absolute atomic E-state index is 0.0613. The Bertz CT molecular complexity index is 2250. The molecule has 7 rings (SSSR count). The Balaban J connectivity index is 1.09. The molecule has 13 nitrogen and oxygen atoms in total. The van der Waals surface area contributed by atoms with Crippen LogP contribution in [0.5, 0.6) is 5.75 Å². The first-order valence-corrected chi connectivity index (χ1v) is 17.3. The lowest BCUT2D eigenvalue weighted by Crippen LogP contribution is -2.49. The second-order valence-electron chi connectivity index (χ2n) is 14.1. The zero-order chi connectivity index (χ0) is 36.6. The van der Waals surface area contributed by atoms with Gasteiger partial charge in [-0.05, 0) is 48.7 Å². The predicted octanol–water partition coefficient (Wildman–Crippen LogP) is 6.73. The summed E-state index contributed by atoms with van der Waals surface area (Å²) in [7, 11) is 1.66. The number of hydrogen-bond acceptors (Lipinski definition) is 10. The van der Waals surface area contributed by atoms with Gasteiger partial charge in [-0.2, -0.15) is 4.98 Å². The number of aromatic nitrogens is 5. The van der Waals surface area contributed by atoms with E-state index in [0.29, 0.717) is 37.7 Å². The van der Waals surface area contributed by atoms with Crippen molar-refractivity contribution in [3.05, 3.63) is 95.4 Å².